The number of nitrogens with one attached hydrogen (secondary N) is 2. The van der Waals surface area contributed by atoms with Crippen molar-refractivity contribution >= 4 is 28.6 Å². The fourth-order valence-corrected chi connectivity index (χ4v) is 3.17. The van der Waals surface area contributed by atoms with Crippen molar-refractivity contribution in [3.63, 3.8) is 0 Å². The van der Waals surface area contributed by atoms with E-state index in [4.69, 9.17) is 9.84 Å². The molecule has 0 aliphatic carbocycles. The first-order valence-corrected chi connectivity index (χ1v) is 9.79. The molecule has 2 aromatic carbocycles. The number of carbonyl (C=O) groups excluding carboxylic acids is 2. The summed E-state index contributed by atoms with van der Waals surface area (Å²) in [5.74, 6) is -1.61. The van der Waals surface area contributed by atoms with Crippen molar-refractivity contribution in [3.8, 4) is 0 Å². The van der Waals surface area contributed by atoms with Crippen LogP contribution in [0.3, 0.4) is 0 Å². The fourth-order valence-electron chi connectivity index (χ4n) is 3.17. The zero-order valence-corrected chi connectivity index (χ0v) is 16.6. The summed E-state index contributed by atoms with van der Waals surface area (Å²) in [6.45, 7) is 4.65. The third kappa shape index (κ3) is 5.54. The Kier molecular flexibility index (Phi) is 6.49. The molecule has 29 heavy (non-hydrogen) atoms. The maximum Gasteiger partial charge on any atom is 0.336 e. The van der Waals surface area contributed by atoms with Gasteiger partial charge in [-0.05, 0) is 28.7 Å². The molecule has 1 aliphatic heterocycles. The Morgan fingerprint density at radius 3 is 2.45 bits per heavy atom. The molecular weight excluding hydrogens is 372 g/mol. The number of hydrogen-bond donors (Lipinski definition) is 3. The first-order valence-electron chi connectivity index (χ1n) is 9.79. The molecule has 0 unspecified atom stereocenters. The Bertz CT molecular complexity index is 911. The van der Waals surface area contributed by atoms with E-state index in [1.165, 1.54) is 0 Å². The Labute approximate surface area is 169 Å². The first-order chi connectivity index (χ1) is 13.8. The van der Waals surface area contributed by atoms with Crippen molar-refractivity contribution in [1.82, 2.24) is 10.6 Å². The van der Waals surface area contributed by atoms with Crippen LogP contribution >= 0.6 is 0 Å². The molecule has 0 saturated carbocycles. The number of ether oxygens (including phenoxy) is 1. The monoisotopic (exact) mass is 398 g/mol. The van der Waals surface area contributed by atoms with E-state index in [1.54, 1.807) is 0 Å². The van der Waals surface area contributed by atoms with Crippen molar-refractivity contribution in [2.45, 2.75) is 44.9 Å². The van der Waals surface area contributed by atoms with Crippen molar-refractivity contribution in [3.05, 3.63) is 48.0 Å². The van der Waals surface area contributed by atoms with Crippen LogP contribution in [0.1, 0.15) is 25.8 Å². The van der Waals surface area contributed by atoms with E-state index >= 15 is 0 Å². The van der Waals surface area contributed by atoms with Crippen LogP contribution in [0, 0.1) is 5.92 Å². The molecule has 2 aromatic rings. The number of epoxide rings is 1. The Hall–Kier alpha value is -2.93. The second-order valence-corrected chi connectivity index (χ2v) is 7.74. The van der Waals surface area contributed by atoms with Gasteiger partial charge in [0.25, 0.3) is 5.91 Å². The SMILES string of the molecule is CC(C)CCNC(=O)[C@H](Cc1ccc2ccccc2c1)NC(=O)[C@H]1O[C@@H]1C(=O)O. The Morgan fingerprint density at radius 1 is 1.07 bits per heavy atom. The molecule has 0 spiro atoms. The van der Waals surface area contributed by atoms with Crippen LogP contribution in [0.4, 0.5) is 0 Å². The summed E-state index contributed by atoms with van der Waals surface area (Å²) >= 11 is 0. The number of aliphatic carboxylic acids is 1. The van der Waals surface area contributed by atoms with Crippen LogP contribution in [0.2, 0.25) is 0 Å². The molecule has 1 heterocycles. The van der Waals surface area contributed by atoms with Gasteiger partial charge >= 0.3 is 5.97 Å². The van der Waals surface area contributed by atoms with Crippen LogP contribution < -0.4 is 10.6 Å². The highest BCUT2D eigenvalue weighted by Crippen LogP contribution is 2.23. The molecule has 7 nitrogen and oxygen atoms in total. The van der Waals surface area contributed by atoms with E-state index in [2.05, 4.69) is 24.5 Å². The van der Waals surface area contributed by atoms with Crippen LogP contribution in [-0.4, -0.2) is 47.7 Å². The zero-order chi connectivity index (χ0) is 21.0. The topological polar surface area (TPSA) is 108 Å². The van der Waals surface area contributed by atoms with E-state index < -0.39 is 30.1 Å². The number of amides is 2. The van der Waals surface area contributed by atoms with E-state index in [1.807, 2.05) is 42.5 Å². The normalized spacial score (nSPS) is 19.0. The van der Waals surface area contributed by atoms with Crippen LogP contribution in [0.15, 0.2) is 42.5 Å². The standard InChI is InChI=1S/C22H26N2O5/c1-13(2)9-10-23-20(25)17(24-21(26)18-19(29-18)22(27)28)12-14-7-8-15-5-3-4-6-16(15)11-14/h3-8,11,13,17-19H,9-10,12H2,1-2H3,(H,23,25)(H,24,26)(H,27,28)/t17-,18-,19-/m0/s1. The highest BCUT2D eigenvalue weighted by Gasteiger charge is 2.51. The molecule has 1 aliphatic rings. The lowest BCUT2D eigenvalue weighted by Crippen LogP contribution is -2.49. The fraction of sp³-hybridized carbons (Fsp3) is 0.409. The molecular formula is C22H26N2O5. The average Bonchev–Trinajstić information content (AvgIpc) is 3.48. The Balaban J connectivity index is 1.71. The van der Waals surface area contributed by atoms with Gasteiger partial charge in [0.2, 0.25) is 5.91 Å². The quantitative estimate of drug-likeness (QED) is 0.559. The van der Waals surface area contributed by atoms with E-state index in [-0.39, 0.29) is 5.91 Å². The molecule has 154 valence electrons. The summed E-state index contributed by atoms with van der Waals surface area (Å²) in [5, 5.41) is 16.6. The summed E-state index contributed by atoms with van der Waals surface area (Å²) in [4.78, 5) is 36.0. The van der Waals surface area contributed by atoms with Crippen molar-refractivity contribution in [2.24, 2.45) is 5.92 Å². The van der Waals surface area contributed by atoms with Crippen LogP contribution in [-0.2, 0) is 25.5 Å². The molecule has 3 rings (SSSR count). The van der Waals surface area contributed by atoms with Gasteiger partial charge in [0.1, 0.15) is 6.04 Å². The number of hydrogen-bond acceptors (Lipinski definition) is 4. The number of fused-ring (bicyclic) bond motifs is 1. The van der Waals surface area contributed by atoms with Gasteiger partial charge in [-0.25, -0.2) is 4.79 Å². The third-order valence-electron chi connectivity index (χ3n) is 4.90. The number of benzene rings is 2. The molecule has 1 fully saturated rings. The van der Waals surface area contributed by atoms with Gasteiger partial charge in [0, 0.05) is 13.0 Å². The van der Waals surface area contributed by atoms with Gasteiger partial charge in [-0.2, -0.15) is 0 Å². The molecule has 2 amide bonds. The summed E-state index contributed by atoms with van der Waals surface area (Å²) in [6, 6.07) is 13.0. The van der Waals surface area contributed by atoms with Gasteiger partial charge in [-0.15, -0.1) is 0 Å². The lowest BCUT2D eigenvalue weighted by molar-refractivity contribution is -0.138. The second-order valence-electron chi connectivity index (χ2n) is 7.74. The number of carboxylic acids is 1. The third-order valence-corrected chi connectivity index (χ3v) is 4.90. The number of rotatable bonds is 9. The summed E-state index contributed by atoms with van der Waals surface area (Å²) in [6.07, 6.45) is -1.06. The predicted octanol–water partition coefficient (Wildman–Crippen LogP) is 1.88. The maximum absolute atomic E-state index is 12.7. The zero-order valence-electron chi connectivity index (χ0n) is 16.6. The molecule has 7 heteroatoms. The van der Waals surface area contributed by atoms with Crippen molar-refractivity contribution < 1.29 is 24.2 Å². The Morgan fingerprint density at radius 2 is 1.79 bits per heavy atom. The molecule has 3 N–H and O–H groups in total. The minimum Gasteiger partial charge on any atom is -0.479 e. The summed E-state index contributed by atoms with van der Waals surface area (Å²) < 4.78 is 4.90. The molecule has 0 radical (unpaired) electrons. The summed E-state index contributed by atoms with van der Waals surface area (Å²) in [5.41, 5.74) is 0.902. The molecule has 3 atom stereocenters. The highest BCUT2D eigenvalue weighted by atomic mass is 16.6. The van der Waals surface area contributed by atoms with E-state index in [0.29, 0.717) is 18.9 Å². The van der Waals surface area contributed by atoms with E-state index in [0.717, 1.165) is 22.8 Å². The van der Waals surface area contributed by atoms with Gasteiger partial charge in [-0.3, -0.25) is 9.59 Å². The molecule has 0 bridgehead atoms. The smallest absolute Gasteiger partial charge is 0.336 e. The highest BCUT2D eigenvalue weighted by molar-refractivity contribution is 5.95. The average molecular weight is 398 g/mol. The van der Waals surface area contributed by atoms with Gasteiger partial charge in [-0.1, -0.05) is 56.3 Å². The number of carbonyl (C=O) groups is 3. The van der Waals surface area contributed by atoms with Gasteiger partial charge in [0.15, 0.2) is 12.2 Å². The first kappa shape index (κ1) is 20.8. The maximum atomic E-state index is 12.7. The predicted molar refractivity (Wildman–Crippen MR) is 108 cm³/mol. The molecule has 1 saturated heterocycles. The lowest BCUT2D eigenvalue weighted by Gasteiger charge is -2.19. The van der Waals surface area contributed by atoms with Crippen LogP contribution in [0.5, 0.6) is 0 Å². The molecule has 0 aromatic heterocycles. The van der Waals surface area contributed by atoms with Crippen LogP contribution in [0.25, 0.3) is 10.8 Å². The van der Waals surface area contributed by atoms with Crippen molar-refractivity contribution in [2.75, 3.05) is 6.54 Å². The lowest BCUT2D eigenvalue weighted by atomic mass is 10.0. The minimum atomic E-state index is -1.18. The minimum absolute atomic E-state index is 0.292. The van der Waals surface area contributed by atoms with Crippen molar-refractivity contribution in [1.29, 1.82) is 0 Å². The second kappa shape index (κ2) is 9.05. The van der Waals surface area contributed by atoms with Gasteiger partial charge in [0.05, 0.1) is 0 Å². The summed E-state index contributed by atoms with van der Waals surface area (Å²) in [7, 11) is 0. The number of carboxylic acid groups (broad SMARTS) is 1. The van der Waals surface area contributed by atoms with Gasteiger partial charge < -0.3 is 20.5 Å². The largest absolute Gasteiger partial charge is 0.479 e. The van der Waals surface area contributed by atoms with E-state index in [9.17, 15) is 14.4 Å².